The van der Waals surface area contributed by atoms with Gasteiger partial charge in [-0.05, 0) is 43.9 Å². The van der Waals surface area contributed by atoms with Gasteiger partial charge in [0.15, 0.2) is 0 Å². The van der Waals surface area contributed by atoms with Gasteiger partial charge in [-0.2, -0.15) is 4.31 Å². The summed E-state index contributed by atoms with van der Waals surface area (Å²) in [6.07, 6.45) is 3.30. The summed E-state index contributed by atoms with van der Waals surface area (Å²) in [5.41, 5.74) is 5.90. The van der Waals surface area contributed by atoms with E-state index in [1.807, 2.05) is 6.92 Å². The molecule has 2 rings (SSSR count). The fourth-order valence-corrected chi connectivity index (χ4v) is 5.25. The van der Waals surface area contributed by atoms with Crippen molar-refractivity contribution in [1.82, 2.24) is 4.31 Å². The number of nitrogens with two attached hydrogens (primary N) is 1. The molecule has 1 fully saturated rings. The van der Waals surface area contributed by atoms with Gasteiger partial charge in [-0.25, -0.2) is 8.42 Å². The highest BCUT2D eigenvalue weighted by molar-refractivity contribution is 7.89. The summed E-state index contributed by atoms with van der Waals surface area (Å²) in [5.74, 6) is 0. The molecule has 1 aliphatic carbocycles. The topological polar surface area (TPSA) is 63.4 Å². The monoisotopic (exact) mass is 350 g/mol. The van der Waals surface area contributed by atoms with Crippen LogP contribution < -0.4 is 5.73 Å². The first-order valence-electron chi connectivity index (χ1n) is 7.08. The molecule has 0 unspecified atom stereocenters. The van der Waals surface area contributed by atoms with Crippen LogP contribution in [0.5, 0.6) is 0 Å². The van der Waals surface area contributed by atoms with Crippen LogP contribution in [0, 0.1) is 0 Å². The predicted molar refractivity (Wildman–Crippen MR) is 86.3 cm³/mol. The molecule has 1 aliphatic rings. The van der Waals surface area contributed by atoms with Crippen molar-refractivity contribution in [2.24, 2.45) is 5.73 Å². The lowest BCUT2D eigenvalue weighted by Gasteiger charge is -2.34. The number of halogens is 2. The van der Waals surface area contributed by atoms with Crippen molar-refractivity contribution >= 4 is 33.2 Å². The Morgan fingerprint density at radius 2 is 1.67 bits per heavy atom. The highest BCUT2D eigenvalue weighted by Crippen LogP contribution is 2.29. The maximum absolute atomic E-state index is 12.8. The average molecular weight is 351 g/mol. The minimum absolute atomic E-state index is 0.00226. The van der Waals surface area contributed by atoms with Crippen LogP contribution in [0.3, 0.4) is 0 Å². The van der Waals surface area contributed by atoms with Gasteiger partial charge >= 0.3 is 0 Å². The lowest BCUT2D eigenvalue weighted by atomic mass is 9.92. The van der Waals surface area contributed by atoms with E-state index in [1.54, 1.807) is 4.31 Å². The molecule has 0 heterocycles. The fraction of sp³-hybridized carbons (Fsp3) is 0.571. The van der Waals surface area contributed by atoms with E-state index >= 15 is 0 Å². The molecule has 2 N–H and O–H groups in total. The summed E-state index contributed by atoms with van der Waals surface area (Å²) in [6.45, 7) is 2.27. The molecule has 4 nitrogen and oxygen atoms in total. The van der Waals surface area contributed by atoms with Crippen LogP contribution in [0.2, 0.25) is 10.0 Å². The predicted octanol–water partition coefficient (Wildman–Crippen LogP) is 3.27. The minimum atomic E-state index is -3.59. The number of hydrogen-bond donors (Lipinski definition) is 1. The molecule has 0 aliphatic heterocycles. The summed E-state index contributed by atoms with van der Waals surface area (Å²) in [4.78, 5) is 0.150. The van der Waals surface area contributed by atoms with Gasteiger partial charge < -0.3 is 5.73 Å². The fourth-order valence-electron chi connectivity index (χ4n) is 2.83. The third-order valence-corrected chi connectivity index (χ3v) is 6.34. The molecule has 0 bridgehead atoms. The molecule has 7 heteroatoms. The second kappa shape index (κ2) is 6.84. The first kappa shape index (κ1) is 17.0. The summed E-state index contributed by atoms with van der Waals surface area (Å²) < 4.78 is 27.2. The molecule has 1 saturated carbocycles. The minimum Gasteiger partial charge on any atom is -0.328 e. The van der Waals surface area contributed by atoms with Gasteiger partial charge in [-0.15, -0.1) is 0 Å². The van der Waals surface area contributed by atoms with Gasteiger partial charge in [0.1, 0.15) is 0 Å². The highest BCUT2D eigenvalue weighted by atomic mass is 35.5. The van der Waals surface area contributed by atoms with Crippen LogP contribution in [0.4, 0.5) is 0 Å². The van der Waals surface area contributed by atoms with Crippen molar-refractivity contribution in [3.8, 4) is 0 Å². The van der Waals surface area contributed by atoms with E-state index in [2.05, 4.69) is 0 Å². The van der Waals surface area contributed by atoms with E-state index in [0.29, 0.717) is 16.6 Å². The lowest BCUT2D eigenvalue weighted by molar-refractivity contribution is 0.247. The lowest BCUT2D eigenvalue weighted by Crippen LogP contribution is -2.44. The Morgan fingerprint density at radius 3 is 2.14 bits per heavy atom. The Kier molecular flexibility index (Phi) is 5.54. The molecule has 0 amide bonds. The van der Waals surface area contributed by atoms with Crippen LogP contribution in [0.25, 0.3) is 0 Å². The SMILES string of the molecule is CCN(C1CCC(N)CC1)S(=O)(=O)c1cc(Cl)cc(Cl)c1. The van der Waals surface area contributed by atoms with Crippen LogP contribution in [-0.4, -0.2) is 31.4 Å². The molecule has 1 aromatic carbocycles. The van der Waals surface area contributed by atoms with Crippen molar-refractivity contribution in [2.45, 2.75) is 49.6 Å². The molecule has 0 radical (unpaired) electrons. The third kappa shape index (κ3) is 3.90. The van der Waals surface area contributed by atoms with E-state index in [0.717, 1.165) is 25.7 Å². The Hall–Kier alpha value is -0.330. The number of sulfonamides is 1. The van der Waals surface area contributed by atoms with Crippen LogP contribution in [-0.2, 0) is 10.0 Å². The summed E-state index contributed by atoms with van der Waals surface area (Å²) >= 11 is 11.9. The van der Waals surface area contributed by atoms with Gasteiger partial charge in [0.25, 0.3) is 0 Å². The van der Waals surface area contributed by atoms with Crippen molar-refractivity contribution in [3.05, 3.63) is 28.2 Å². The van der Waals surface area contributed by atoms with Crippen LogP contribution in [0.1, 0.15) is 32.6 Å². The van der Waals surface area contributed by atoms with Crippen LogP contribution in [0.15, 0.2) is 23.1 Å². The van der Waals surface area contributed by atoms with Gasteiger partial charge in [0.2, 0.25) is 10.0 Å². The summed E-state index contributed by atoms with van der Waals surface area (Å²) in [7, 11) is -3.59. The van der Waals surface area contributed by atoms with Crippen molar-refractivity contribution < 1.29 is 8.42 Å². The maximum atomic E-state index is 12.8. The van der Waals surface area contributed by atoms with Crippen molar-refractivity contribution in [3.63, 3.8) is 0 Å². The van der Waals surface area contributed by atoms with E-state index in [1.165, 1.54) is 18.2 Å². The van der Waals surface area contributed by atoms with Gasteiger partial charge in [0.05, 0.1) is 4.90 Å². The molecular weight excluding hydrogens is 331 g/mol. The maximum Gasteiger partial charge on any atom is 0.243 e. The molecule has 1 aromatic rings. The normalized spacial score (nSPS) is 23.5. The standard InChI is InChI=1S/C14H20Cl2N2O2S/c1-2-18(13-5-3-12(17)4-6-13)21(19,20)14-8-10(15)7-11(16)9-14/h7-9,12-13H,2-6,17H2,1H3. The second-order valence-corrected chi connectivity index (χ2v) is 8.15. The first-order chi connectivity index (χ1) is 9.84. The number of benzene rings is 1. The molecule has 21 heavy (non-hydrogen) atoms. The number of nitrogens with zero attached hydrogens (tertiary/aromatic N) is 1. The zero-order valence-electron chi connectivity index (χ0n) is 11.9. The average Bonchev–Trinajstić information content (AvgIpc) is 2.40. The second-order valence-electron chi connectivity index (χ2n) is 5.38. The van der Waals surface area contributed by atoms with E-state index in [4.69, 9.17) is 28.9 Å². The Bertz CT molecular complexity index is 579. The van der Waals surface area contributed by atoms with Gasteiger partial charge in [0, 0.05) is 28.7 Å². The summed E-state index contributed by atoms with van der Waals surface area (Å²) in [6, 6.07) is 4.60. The number of hydrogen-bond acceptors (Lipinski definition) is 3. The zero-order valence-corrected chi connectivity index (χ0v) is 14.3. The summed E-state index contributed by atoms with van der Waals surface area (Å²) in [5, 5.41) is 0.644. The molecule has 118 valence electrons. The molecule has 0 aromatic heterocycles. The van der Waals surface area contributed by atoms with Crippen LogP contribution >= 0.6 is 23.2 Å². The van der Waals surface area contributed by atoms with Gasteiger partial charge in [-0.1, -0.05) is 30.1 Å². The Balaban J connectivity index is 2.31. The Morgan fingerprint density at radius 1 is 1.14 bits per heavy atom. The van der Waals surface area contributed by atoms with Crippen molar-refractivity contribution in [1.29, 1.82) is 0 Å². The molecule has 0 saturated heterocycles. The highest BCUT2D eigenvalue weighted by Gasteiger charge is 2.32. The van der Waals surface area contributed by atoms with Gasteiger partial charge in [-0.3, -0.25) is 0 Å². The van der Waals surface area contributed by atoms with E-state index in [9.17, 15) is 8.42 Å². The number of rotatable bonds is 4. The molecule has 0 atom stereocenters. The Labute approximate surface area is 136 Å². The van der Waals surface area contributed by atoms with Crippen molar-refractivity contribution in [2.75, 3.05) is 6.54 Å². The quantitative estimate of drug-likeness (QED) is 0.906. The van der Waals surface area contributed by atoms with E-state index in [-0.39, 0.29) is 17.0 Å². The third-order valence-electron chi connectivity index (χ3n) is 3.90. The zero-order chi connectivity index (χ0) is 15.6. The molecule has 0 spiro atoms. The van der Waals surface area contributed by atoms with E-state index < -0.39 is 10.0 Å². The smallest absolute Gasteiger partial charge is 0.243 e. The largest absolute Gasteiger partial charge is 0.328 e. The first-order valence-corrected chi connectivity index (χ1v) is 9.27. The molecular formula is C14H20Cl2N2O2S.